The molecule has 0 spiro atoms. The fraction of sp³-hybridized carbons (Fsp3) is 0.143. The predicted molar refractivity (Wildman–Crippen MR) is 37.5 cm³/mol. The number of nitrogens with one attached hydrogen (secondary N) is 1. The first kappa shape index (κ1) is 8.70. The van der Waals surface area contributed by atoms with Gasteiger partial charge < -0.3 is 10.4 Å². The van der Waals surface area contributed by atoms with Gasteiger partial charge >= 0.3 is 0 Å². The maximum Gasteiger partial charge on any atom is 0.202 e. The van der Waals surface area contributed by atoms with Gasteiger partial charge in [0.25, 0.3) is 0 Å². The Balaban J connectivity index is 3.40. The van der Waals surface area contributed by atoms with Crippen LogP contribution in [0.5, 0.6) is 5.75 Å². The SMILES string of the molecule is CNc1c(F)cc(O)c(F)c1F. The van der Waals surface area contributed by atoms with Crippen molar-refractivity contribution in [2.24, 2.45) is 0 Å². The fourth-order valence-corrected chi connectivity index (χ4v) is 0.812. The Bertz CT molecular complexity index is 314. The third-order valence-electron chi connectivity index (χ3n) is 1.39. The van der Waals surface area contributed by atoms with Gasteiger partial charge in [0.1, 0.15) is 5.69 Å². The van der Waals surface area contributed by atoms with Crippen molar-refractivity contribution in [2.75, 3.05) is 12.4 Å². The lowest BCUT2D eigenvalue weighted by Crippen LogP contribution is -1.99. The van der Waals surface area contributed by atoms with Crippen molar-refractivity contribution in [3.8, 4) is 5.75 Å². The molecule has 0 aliphatic rings. The third-order valence-corrected chi connectivity index (χ3v) is 1.39. The Labute approximate surface area is 66.6 Å². The Hall–Kier alpha value is -1.39. The minimum Gasteiger partial charge on any atom is -0.505 e. The average molecular weight is 177 g/mol. The van der Waals surface area contributed by atoms with Crippen LogP contribution in [-0.2, 0) is 0 Å². The van der Waals surface area contributed by atoms with Gasteiger partial charge in [-0.2, -0.15) is 4.39 Å². The number of anilines is 1. The summed E-state index contributed by atoms with van der Waals surface area (Å²) in [6.07, 6.45) is 0. The van der Waals surface area contributed by atoms with E-state index in [1.54, 1.807) is 0 Å². The van der Waals surface area contributed by atoms with Crippen LogP contribution in [0.25, 0.3) is 0 Å². The molecule has 66 valence electrons. The molecule has 0 radical (unpaired) electrons. The van der Waals surface area contributed by atoms with Gasteiger partial charge in [-0.1, -0.05) is 0 Å². The van der Waals surface area contributed by atoms with Crippen molar-refractivity contribution in [3.05, 3.63) is 23.5 Å². The van der Waals surface area contributed by atoms with E-state index >= 15 is 0 Å². The number of aromatic hydroxyl groups is 1. The molecule has 0 aromatic heterocycles. The highest BCUT2D eigenvalue weighted by Crippen LogP contribution is 2.27. The zero-order valence-electron chi connectivity index (χ0n) is 6.16. The number of hydrogen-bond acceptors (Lipinski definition) is 2. The summed E-state index contributed by atoms with van der Waals surface area (Å²) in [5, 5.41) is 10.7. The van der Waals surface area contributed by atoms with Gasteiger partial charge in [0, 0.05) is 13.1 Å². The van der Waals surface area contributed by atoms with Crippen molar-refractivity contribution >= 4 is 5.69 Å². The molecule has 0 saturated carbocycles. The van der Waals surface area contributed by atoms with Crippen LogP contribution in [-0.4, -0.2) is 12.2 Å². The second-order valence-electron chi connectivity index (χ2n) is 2.13. The van der Waals surface area contributed by atoms with E-state index in [9.17, 15) is 13.2 Å². The number of phenols is 1. The topological polar surface area (TPSA) is 32.3 Å². The van der Waals surface area contributed by atoms with Crippen LogP contribution in [0.1, 0.15) is 0 Å². The van der Waals surface area contributed by atoms with E-state index in [4.69, 9.17) is 5.11 Å². The van der Waals surface area contributed by atoms with Crippen LogP contribution >= 0.6 is 0 Å². The number of rotatable bonds is 1. The highest BCUT2D eigenvalue weighted by Gasteiger charge is 2.16. The molecule has 12 heavy (non-hydrogen) atoms. The van der Waals surface area contributed by atoms with Crippen LogP contribution in [0.2, 0.25) is 0 Å². The van der Waals surface area contributed by atoms with Gasteiger partial charge in [-0.15, -0.1) is 0 Å². The van der Waals surface area contributed by atoms with E-state index in [2.05, 4.69) is 5.32 Å². The molecule has 0 fully saturated rings. The molecule has 5 heteroatoms. The van der Waals surface area contributed by atoms with E-state index in [-0.39, 0.29) is 0 Å². The lowest BCUT2D eigenvalue weighted by Gasteiger charge is -2.05. The van der Waals surface area contributed by atoms with Gasteiger partial charge in [-0.3, -0.25) is 0 Å². The van der Waals surface area contributed by atoms with Gasteiger partial charge in [0.15, 0.2) is 17.4 Å². The molecule has 2 nitrogen and oxygen atoms in total. The smallest absolute Gasteiger partial charge is 0.202 e. The second kappa shape index (κ2) is 2.92. The summed E-state index contributed by atoms with van der Waals surface area (Å²) in [5.74, 6) is -4.95. The predicted octanol–water partition coefficient (Wildman–Crippen LogP) is 1.85. The van der Waals surface area contributed by atoms with Crippen LogP contribution in [0.3, 0.4) is 0 Å². The van der Waals surface area contributed by atoms with Gasteiger partial charge in [0.05, 0.1) is 0 Å². The minimum absolute atomic E-state index is 0.504. The number of benzene rings is 1. The van der Waals surface area contributed by atoms with Crippen LogP contribution in [0.15, 0.2) is 6.07 Å². The molecule has 0 unspecified atom stereocenters. The Kier molecular flexibility index (Phi) is 2.12. The fourth-order valence-electron chi connectivity index (χ4n) is 0.812. The van der Waals surface area contributed by atoms with Crippen LogP contribution in [0, 0.1) is 17.5 Å². The van der Waals surface area contributed by atoms with E-state index in [1.165, 1.54) is 7.05 Å². The third kappa shape index (κ3) is 1.17. The molecular formula is C7H6F3NO. The monoisotopic (exact) mass is 177 g/mol. The molecule has 2 N–H and O–H groups in total. The van der Waals surface area contributed by atoms with Crippen molar-refractivity contribution in [2.45, 2.75) is 0 Å². The molecule has 0 aliphatic carbocycles. The molecule has 0 aliphatic heterocycles. The van der Waals surface area contributed by atoms with Gasteiger partial charge in [0.2, 0.25) is 5.82 Å². The number of phenolic OH excluding ortho intramolecular Hbond substituents is 1. The van der Waals surface area contributed by atoms with E-state index in [0.717, 1.165) is 0 Å². The maximum absolute atomic E-state index is 12.7. The zero-order chi connectivity index (χ0) is 9.30. The number of halogens is 3. The molecule has 1 rings (SSSR count). The zero-order valence-corrected chi connectivity index (χ0v) is 6.16. The lowest BCUT2D eigenvalue weighted by molar-refractivity contribution is 0.401. The highest BCUT2D eigenvalue weighted by molar-refractivity contribution is 5.49. The first-order valence-corrected chi connectivity index (χ1v) is 3.12. The second-order valence-corrected chi connectivity index (χ2v) is 2.13. The normalized spacial score (nSPS) is 10.0. The summed E-state index contributed by atoms with van der Waals surface area (Å²) >= 11 is 0. The largest absolute Gasteiger partial charge is 0.505 e. The van der Waals surface area contributed by atoms with E-state index in [1.807, 2.05) is 0 Å². The first-order valence-electron chi connectivity index (χ1n) is 3.12. The summed E-state index contributed by atoms with van der Waals surface area (Å²) in [6.45, 7) is 0. The molecule has 1 aromatic carbocycles. The van der Waals surface area contributed by atoms with Crippen LogP contribution in [0.4, 0.5) is 18.9 Å². The standard InChI is InChI=1S/C7H6F3NO/c1-11-7-3(8)2-4(12)5(9)6(7)10/h2,11-12H,1H3. The minimum atomic E-state index is -1.46. The molecule has 0 bridgehead atoms. The molecule has 0 amide bonds. The summed E-state index contributed by atoms with van der Waals surface area (Å²) in [4.78, 5) is 0. The Morgan fingerprint density at radius 2 is 1.83 bits per heavy atom. The summed E-state index contributed by atoms with van der Waals surface area (Å²) in [5.41, 5.74) is -0.592. The molecular weight excluding hydrogens is 171 g/mol. The van der Waals surface area contributed by atoms with Crippen molar-refractivity contribution in [3.63, 3.8) is 0 Å². The molecule has 1 aromatic rings. The Morgan fingerprint density at radius 1 is 1.25 bits per heavy atom. The van der Waals surface area contributed by atoms with Crippen molar-refractivity contribution in [1.29, 1.82) is 0 Å². The molecule has 0 heterocycles. The van der Waals surface area contributed by atoms with E-state index < -0.39 is 28.9 Å². The summed E-state index contributed by atoms with van der Waals surface area (Å²) in [6, 6.07) is 0.504. The van der Waals surface area contributed by atoms with Gasteiger partial charge in [-0.05, 0) is 0 Å². The van der Waals surface area contributed by atoms with Crippen LogP contribution < -0.4 is 5.32 Å². The summed E-state index contributed by atoms with van der Waals surface area (Å²) in [7, 11) is 1.25. The van der Waals surface area contributed by atoms with Crippen molar-refractivity contribution in [1.82, 2.24) is 0 Å². The summed E-state index contributed by atoms with van der Waals surface area (Å²) < 4.78 is 37.9. The molecule has 0 saturated heterocycles. The quantitative estimate of drug-likeness (QED) is 0.506. The van der Waals surface area contributed by atoms with Gasteiger partial charge in [-0.25, -0.2) is 8.78 Å². The van der Waals surface area contributed by atoms with Crippen molar-refractivity contribution < 1.29 is 18.3 Å². The lowest BCUT2D eigenvalue weighted by atomic mass is 10.2. The first-order chi connectivity index (χ1) is 5.57. The Morgan fingerprint density at radius 3 is 2.33 bits per heavy atom. The molecule has 0 atom stereocenters. The highest BCUT2D eigenvalue weighted by atomic mass is 19.2. The maximum atomic E-state index is 12.7. The van der Waals surface area contributed by atoms with E-state index in [0.29, 0.717) is 6.07 Å². The average Bonchev–Trinajstić information content (AvgIpc) is 2.01. The number of hydrogen-bond donors (Lipinski definition) is 2.